The van der Waals surface area contributed by atoms with Crippen molar-refractivity contribution in [1.82, 2.24) is 9.97 Å². The van der Waals surface area contributed by atoms with Crippen molar-refractivity contribution < 1.29 is 4.79 Å². The number of hydrogen-bond acceptors (Lipinski definition) is 5. The molecule has 0 radical (unpaired) electrons. The third-order valence-electron chi connectivity index (χ3n) is 4.53. The van der Waals surface area contributed by atoms with Gasteiger partial charge in [0.05, 0.1) is 11.6 Å². The van der Waals surface area contributed by atoms with Crippen LogP contribution < -0.4 is 16.2 Å². The number of aromatic nitrogens is 2. The maximum absolute atomic E-state index is 12.9. The lowest BCUT2D eigenvalue weighted by molar-refractivity contribution is -0.119. The minimum Gasteiger partial charge on any atom is -0.326 e. The van der Waals surface area contributed by atoms with Crippen LogP contribution in [0.3, 0.4) is 0 Å². The van der Waals surface area contributed by atoms with E-state index in [-0.39, 0.29) is 17.3 Å². The zero-order valence-electron chi connectivity index (χ0n) is 14.4. The van der Waals surface area contributed by atoms with Gasteiger partial charge < -0.3 is 10.6 Å². The van der Waals surface area contributed by atoms with Crippen molar-refractivity contribution in [3.8, 4) is 6.07 Å². The number of amides is 1. The van der Waals surface area contributed by atoms with Crippen LogP contribution in [0.15, 0.2) is 59.4 Å². The summed E-state index contributed by atoms with van der Waals surface area (Å²) in [5.41, 5.74) is 1.19. The number of hydrogen-bond donors (Lipinski definition) is 3. The molecule has 0 saturated carbocycles. The first kappa shape index (κ1) is 17.8. The minimum atomic E-state index is -1.05. The first-order chi connectivity index (χ1) is 13.6. The second-order valence-corrected chi connectivity index (χ2v) is 6.73. The van der Waals surface area contributed by atoms with Crippen LogP contribution in [0, 0.1) is 17.2 Å². The predicted octanol–water partition coefficient (Wildman–Crippen LogP) is 3.39. The number of nitrogens with zero attached hydrogens (tertiary/aromatic N) is 2. The first-order valence-corrected chi connectivity index (χ1v) is 8.87. The summed E-state index contributed by atoms with van der Waals surface area (Å²) in [5, 5.41) is 15.6. The van der Waals surface area contributed by atoms with Crippen molar-refractivity contribution in [1.29, 1.82) is 5.26 Å². The lowest BCUT2D eigenvalue weighted by atomic mass is 9.79. The molecule has 3 aromatic rings. The molecule has 0 spiro atoms. The van der Waals surface area contributed by atoms with E-state index in [0.717, 1.165) is 5.69 Å². The van der Waals surface area contributed by atoms with E-state index in [1.807, 2.05) is 36.4 Å². The summed E-state index contributed by atoms with van der Waals surface area (Å²) < 4.78 is 0. The molecule has 1 amide bonds. The summed E-state index contributed by atoms with van der Waals surface area (Å²) >= 11 is 5.95. The van der Waals surface area contributed by atoms with Crippen LogP contribution in [0.1, 0.15) is 17.0 Å². The second kappa shape index (κ2) is 7.18. The average molecular weight is 392 g/mol. The maximum Gasteiger partial charge on any atom is 0.258 e. The van der Waals surface area contributed by atoms with Crippen molar-refractivity contribution in [2.45, 2.75) is 5.92 Å². The van der Waals surface area contributed by atoms with E-state index in [0.29, 0.717) is 10.6 Å². The third kappa shape index (κ3) is 3.21. The van der Waals surface area contributed by atoms with Gasteiger partial charge in [-0.15, -0.1) is 0 Å². The molecule has 3 N–H and O–H groups in total. The molecule has 1 aromatic heterocycles. The normalized spacial score (nSPS) is 17.9. The van der Waals surface area contributed by atoms with E-state index in [1.165, 1.54) is 0 Å². The average Bonchev–Trinajstić information content (AvgIpc) is 2.68. The van der Waals surface area contributed by atoms with Crippen molar-refractivity contribution in [3.63, 3.8) is 0 Å². The molecule has 7 nitrogen and oxygen atoms in total. The summed E-state index contributed by atoms with van der Waals surface area (Å²) in [6, 6.07) is 17.9. The summed E-state index contributed by atoms with van der Waals surface area (Å²) in [7, 11) is 0. The highest BCUT2D eigenvalue weighted by molar-refractivity contribution is 6.30. The molecule has 2 aromatic carbocycles. The molecular formula is C20H14ClN5O2. The topological polar surface area (TPSA) is 111 Å². The summed E-state index contributed by atoms with van der Waals surface area (Å²) in [6.07, 6.45) is 0. The zero-order chi connectivity index (χ0) is 19.7. The number of carbonyl (C=O) groups excluding carboxylic acids is 1. The van der Waals surface area contributed by atoms with E-state index >= 15 is 0 Å². The van der Waals surface area contributed by atoms with Gasteiger partial charge in [-0.25, -0.2) is 0 Å². The number of carbonyl (C=O) groups is 1. The molecule has 0 unspecified atom stereocenters. The molecule has 0 saturated heterocycles. The van der Waals surface area contributed by atoms with Gasteiger partial charge in [0.15, 0.2) is 0 Å². The van der Waals surface area contributed by atoms with Gasteiger partial charge >= 0.3 is 0 Å². The lowest BCUT2D eigenvalue weighted by Crippen LogP contribution is -2.38. The number of aromatic amines is 1. The van der Waals surface area contributed by atoms with Gasteiger partial charge in [0.2, 0.25) is 11.9 Å². The molecule has 138 valence electrons. The van der Waals surface area contributed by atoms with Crippen LogP contribution in [-0.4, -0.2) is 15.9 Å². The molecule has 0 aliphatic carbocycles. The molecule has 2 heterocycles. The molecule has 1 aliphatic heterocycles. The Morgan fingerprint density at radius 2 is 1.79 bits per heavy atom. The highest BCUT2D eigenvalue weighted by Crippen LogP contribution is 2.38. The Hall–Kier alpha value is -3.63. The van der Waals surface area contributed by atoms with Crippen molar-refractivity contribution in [3.05, 3.63) is 81.1 Å². The molecule has 28 heavy (non-hydrogen) atoms. The molecule has 8 heteroatoms. The number of rotatable bonds is 3. The van der Waals surface area contributed by atoms with Crippen molar-refractivity contribution >= 4 is 35.0 Å². The number of benzene rings is 2. The SMILES string of the molecule is N#C[C@@H]1C(=O)Nc2nc(Nc3ccccc3)[nH]c(=O)c2[C@@H]1c1ccc(Cl)cc1. The highest BCUT2D eigenvalue weighted by Gasteiger charge is 2.40. The van der Waals surface area contributed by atoms with Gasteiger partial charge in [-0.2, -0.15) is 10.2 Å². The van der Waals surface area contributed by atoms with Gasteiger partial charge in [-0.1, -0.05) is 41.9 Å². The van der Waals surface area contributed by atoms with Crippen LogP contribution in [-0.2, 0) is 4.79 Å². The van der Waals surface area contributed by atoms with Gasteiger partial charge in [-0.05, 0) is 29.8 Å². The maximum atomic E-state index is 12.9. The fourth-order valence-corrected chi connectivity index (χ4v) is 3.38. The van der Waals surface area contributed by atoms with Gasteiger partial charge in [0.25, 0.3) is 5.56 Å². The summed E-state index contributed by atoms with van der Waals surface area (Å²) in [6.45, 7) is 0. The van der Waals surface area contributed by atoms with E-state index in [9.17, 15) is 14.9 Å². The zero-order valence-corrected chi connectivity index (χ0v) is 15.2. The minimum absolute atomic E-state index is 0.138. The lowest BCUT2D eigenvalue weighted by Gasteiger charge is -2.28. The van der Waals surface area contributed by atoms with Gasteiger partial charge in [0, 0.05) is 16.6 Å². The monoisotopic (exact) mass is 391 g/mol. The van der Waals surface area contributed by atoms with Crippen LogP contribution in [0.4, 0.5) is 17.5 Å². The van der Waals surface area contributed by atoms with E-state index in [2.05, 4.69) is 20.6 Å². The first-order valence-electron chi connectivity index (χ1n) is 8.49. The molecular weight excluding hydrogens is 378 g/mol. The highest BCUT2D eigenvalue weighted by atomic mass is 35.5. The Morgan fingerprint density at radius 1 is 1.07 bits per heavy atom. The Balaban J connectivity index is 1.82. The van der Waals surface area contributed by atoms with Crippen LogP contribution in [0.5, 0.6) is 0 Å². The number of para-hydroxylation sites is 1. The Kier molecular flexibility index (Phi) is 4.55. The number of anilines is 3. The fraction of sp³-hybridized carbons (Fsp3) is 0.100. The molecule has 0 fully saturated rings. The summed E-state index contributed by atoms with van der Waals surface area (Å²) in [4.78, 5) is 32.4. The number of nitrogens with one attached hydrogen (secondary N) is 3. The van der Waals surface area contributed by atoms with Crippen molar-refractivity contribution in [2.75, 3.05) is 10.6 Å². The summed E-state index contributed by atoms with van der Waals surface area (Å²) in [5.74, 6) is -1.96. The van der Waals surface area contributed by atoms with Crippen LogP contribution in [0.2, 0.25) is 5.02 Å². The molecule has 0 bridgehead atoms. The van der Waals surface area contributed by atoms with Crippen LogP contribution >= 0.6 is 11.6 Å². The largest absolute Gasteiger partial charge is 0.326 e. The van der Waals surface area contributed by atoms with E-state index in [1.54, 1.807) is 24.3 Å². The second-order valence-electron chi connectivity index (χ2n) is 6.29. The van der Waals surface area contributed by atoms with Crippen LogP contribution in [0.25, 0.3) is 0 Å². The number of halogens is 1. The van der Waals surface area contributed by atoms with Gasteiger partial charge in [-0.3, -0.25) is 14.6 Å². The Labute approximate surface area is 165 Å². The van der Waals surface area contributed by atoms with Gasteiger partial charge in [0.1, 0.15) is 11.7 Å². The van der Waals surface area contributed by atoms with E-state index in [4.69, 9.17) is 11.6 Å². The van der Waals surface area contributed by atoms with E-state index < -0.39 is 23.3 Å². The fourth-order valence-electron chi connectivity index (χ4n) is 3.26. The number of H-pyrrole nitrogens is 1. The quantitative estimate of drug-likeness (QED) is 0.633. The molecule has 1 aliphatic rings. The Bertz CT molecular complexity index is 1140. The predicted molar refractivity (Wildman–Crippen MR) is 106 cm³/mol. The molecule has 4 rings (SSSR count). The Morgan fingerprint density at radius 3 is 2.46 bits per heavy atom. The number of fused-ring (bicyclic) bond motifs is 1. The standard InChI is InChI=1S/C20H14ClN5O2/c21-12-8-6-11(7-9-12)15-14(10-22)18(27)24-17-16(15)19(28)26-20(25-17)23-13-4-2-1-3-5-13/h1-9,14-15H,(H3,23,24,25,26,27,28)/t14-,15+/m0/s1. The van der Waals surface area contributed by atoms with Crippen molar-refractivity contribution in [2.24, 2.45) is 5.92 Å². The third-order valence-corrected chi connectivity index (χ3v) is 4.78. The number of nitriles is 1. The molecule has 2 atom stereocenters. The smallest absolute Gasteiger partial charge is 0.258 e.